The monoisotopic (exact) mass is 226 g/mol. The fourth-order valence-electron chi connectivity index (χ4n) is 1.16. The lowest BCUT2D eigenvalue weighted by molar-refractivity contribution is 0.0697. The number of rotatable bonds is 2. The van der Waals surface area contributed by atoms with Gasteiger partial charge >= 0.3 is 5.97 Å². The average Bonchev–Trinajstić information content (AvgIpc) is 2.39. The zero-order valence-corrected chi connectivity index (χ0v) is 8.53. The Bertz CT molecular complexity index is 584. The molecule has 82 valence electrons. The van der Waals surface area contributed by atoms with E-state index >= 15 is 0 Å². The molecule has 0 saturated heterocycles. The van der Waals surface area contributed by atoms with Crippen LogP contribution in [0, 0.1) is 12.3 Å². The number of nitrogens with zero attached hydrogens (tertiary/aromatic N) is 4. The number of carbonyl (C=O) groups is 1. The molecule has 0 spiro atoms. The molecule has 0 saturated carbocycles. The van der Waals surface area contributed by atoms with Crippen LogP contribution in [0.5, 0.6) is 0 Å². The maximum Gasteiger partial charge on any atom is 0.335 e. The number of carboxylic acids is 1. The Balaban J connectivity index is 2.33. The van der Waals surface area contributed by atoms with E-state index in [-0.39, 0.29) is 11.4 Å². The highest BCUT2D eigenvalue weighted by molar-refractivity contribution is 5.88. The third-order valence-electron chi connectivity index (χ3n) is 2.00. The molecular weight excluding hydrogens is 220 g/mol. The van der Waals surface area contributed by atoms with Gasteiger partial charge in [0.05, 0.1) is 5.56 Å². The molecule has 0 aliphatic rings. The molecule has 6 heteroatoms. The van der Waals surface area contributed by atoms with Crippen molar-refractivity contribution in [1.29, 1.82) is 0 Å². The lowest BCUT2D eigenvalue weighted by atomic mass is 10.1. The number of hydrogen-bond donors (Lipinski definition) is 1. The second-order valence-electron chi connectivity index (χ2n) is 3.07. The van der Waals surface area contributed by atoms with Gasteiger partial charge in [0, 0.05) is 5.56 Å². The fraction of sp³-hybridized carbons (Fsp3) is 0. The first kappa shape index (κ1) is 10.7. The summed E-state index contributed by atoms with van der Waals surface area (Å²) in [4.78, 5) is 10.7. The molecule has 0 aliphatic carbocycles. The highest BCUT2D eigenvalue weighted by Crippen LogP contribution is 2.13. The Morgan fingerprint density at radius 3 is 2.18 bits per heavy atom. The van der Waals surface area contributed by atoms with Crippen LogP contribution in [0.4, 0.5) is 0 Å². The molecule has 0 atom stereocenters. The first-order valence-corrected chi connectivity index (χ1v) is 4.58. The van der Waals surface area contributed by atoms with Crippen LogP contribution in [0.1, 0.15) is 16.2 Å². The number of hydrogen-bond acceptors (Lipinski definition) is 5. The van der Waals surface area contributed by atoms with E-state index in [1.165, 1.54) is 12.1 Å². The smallest absolute Gasteiger partial charge is 0.335 e. The van der Waals surface area contributed by atoms with E-state index in [9.17, 15) is 4.79 Å². The lowest BCUT2D eigenvalue weighted by Crippen LogP contribution is -2.00. The SMILES string of the molecule is C#Cc1nnc(-c2ccc(C(=O)O)cc2)nn1. The summed E-state index contributed by atoms with van der Waals surface area (Å²) in [5.41, 5.74) is 0.813. The van der Waals surface area contributed by atoms with Gasteiger partial charge in [0.1, 0.15) is 0 Å². The van der Waals surface area contributed by atoms with Gasteiger partial charge in [-0.1, -0.05) is 12.1 Å². The van der Waals surface area contributed by atoms with Gasteiger partial charge in [-0.15, -0.1) is 26.8 Å². The van der Waals surface area contributed by atoms with E-state index in [1.54, 1.807) is 12.1 Å². The summed E-state index contributed by atoms with van der Waals surface area (Å²) in [6.45, 7) is 0. The van der Waals surface area contributed by atoms with Crippen molar-refractivity contribution in [2.24, 2.45) is 0 Å². The van der Waals surface area contributed by atoms with E-state index in [0.717, 1.165) is 0 Å². The molecule has 1 heterocycles. The van der Waals surface area contributed by atoms with Crippen molar-refractivity contribution in [2.75, 3.05) is 0 Å². The molecular formula is C11H6N4O2. The molecule has 0 radical (unpaired) electrons. The second kappa shape index (κ2) is 4.37. The van der Waals surface area contributed by atoms with Crippen LogP contribution in [0.15, 0.2) is 24.3 Å². The maximum atomic E-state index is 10.7. The molecule has 1 aromatic carbocycles. The zero-order valence-electron chi connectivity index (χ0n) is 8.53. The topological polar surface area (TPSA) is 88.9 Å². The van der Waals surface area contributed by atoms with E-state index in [4.69, 9.17) is 11.5 Å². The Kier molecular flexibility index (Phi) is 2.75. The molecule has 6 nitrogen and oxygen atoms in total. The van der Waals surface area contributed by atoms with Gasteiger partial charge in [0.15, 0.2) is 0 Å². The summed E-state index contributed by atoms with van der Waals surface area (Å²) in [6, 6.07) is 6.07. The number of benzene rings is 1. The van der Waals surface area contributed by atoms with Crippen molar-refractivity contribution in [3.63, 3.8) is 0 Å². The van der Waals surface area contributed by atoms with Gasteiger partial charge in [-0.25, -0.2) is 4.79 Å². The normalized spacial score (nSPS) is 9.59. The van der Waals surface area contributed by atoms with Crippen LogP contribution in [-0.2, 0) is 0 Å². The number of terminal acetylenes is 1. The molecule has 1 aromatic heterocycles. The molecule has 2 aromatic rings. The molecule has 2 rings (SSSR count). The van der Waals surface area contributed by atoms with Gasteiger partial charge in [-0.3, -0.25) is 0 Å². The van der Waals surface area contributed by atoms with E-state index in [0.29, 0.717) is 11.4 Å². The quantitative estimate of drug-likeness (QED) is 0.755. The first-order valence-electron chi connectivity index (χ1n) is 4.58. The molecule has 0 fully saturated rings. The third-order valence-corrected chi connectivity index (χ3v) is 2.00. The van der Waals surface area contributed by atoms with E-state index in [1.807, 2.05) is 0 Å². The summed E-state index contributed by atoms with van der Waals surface area (Å²) in [5.74, 6) is 1.62. The van der Waals surface area contributed by atoms with Crippen LogP contribution in [0.3, 0.4) is 0 Å². The minimum Gasteiger partial charge on any atom is -0.478 e. The molecule has 1 N–H and O–H groups in total. The maximum absolute atomic E-state index is 10.7. The molecule has 0 aliphatic heterocycles. The van der Waals surface area contributed by atoms with Crippen molar-refractivity contribution in [2.45, 2.75) is 0 Å². The summed E-state index contributed by atoms with van der Waals surface area (Å²) >= 11 is 0. The third kappa shape index (κ3) is 2.23. The summed E-state index contributed by atoms with van der Waals surface area (Å²) < 4.78 is 0. The van der Waals surface area contributed by atoms with Crippen molar-refractivity contribution in [3.05, 3.63) is 35.7 Å². The molecule has 0 unspecified atom stereocenters. The fourth-order valence-corrected chi connectivity index (χ4v) is 1.16. The predicted molar refractivity (Wildman–Crippen MR) is 58.0 cm³/mol. The zero-order chi connectivity index (χ0) is 12.3. The Hall–Kier alpha value is -2.81. The summed E-state index contributed by atoms with van der Waals surface area (Å²) in [6.07, 6.45) is 5.07. The van der Waals surface area contributed by atoms with E-state index in [2.05, 4.69) is 26.3 Å². The number of aromatic nitrogens is 4. The number of carboxylic acid groups (broad SMARTS) is 1. The van der Waals surface area contributed by atoms with Crippen LogP contribution in [0.2, 0.25) is 0 Å². The Morgan fingerprint density at radius 1 is 1.12 bits per heavy atom. The standard InChI is InChI=1S/C11H6N4O2/c1-2-9-12-14-10(15-13-9)7-3-5-8(6-4-7)11(16)17/h1,3-6H,(H,16,17). The highest BCUT2D eigenvalue weighted by atomic mass is 16.4. The van der Waals surface area contributed by atoms with Crippen LogP contribution in [-0.4, -0.2) is 31.5 Å². The Labute approximate surface area is 96.4 Å². The predicted octanol–water partition coefficient (Wildman–Crippen LogP) is 0.613. The van der Waals surface area contributed by atoms with Gasteiger partial charge < -0.3 is 5.11 Å². The highest BCUT2D eigenvalue weighted by Gasteiger charge is 2.06. The first-order chi connectivity index (χ1) is 8.20. The minimum absolute atomic E-state index is 0.107. The summed E-state index contributed by atoms with van der Waals surface area (Å²) in [5, 5.41) is 23.6. The van der Waals surface area contributed by atoms with Crippen molar-refractivity contribution < 1.29 is 9.90 Å². The largest absolute Gasteiger partial charge is 0.478 e. The van der Waals surface area contributed by atoms with Crippen molar-refractivity contribution in [3.8, 4) is 23.7 Å². The molecule has 0 amide bonds. The van der Waals surface area contributed by atoms with Gasteiger partial charge in [-0.2, -0.15) is 0 Å². The summed E-state index contributed by atoms with van der Waals surface area (Å²) in [7, 11) is 0. The van der Waals surface area contributed by atoms with Gasteiger partial charge in [0.2, 0.25) is 11.6 Å². The van der Waals surface area contributed by atoms with E-state index < -0.39 is 5.97 Å². The second-order valence-corrected chi connectivity index (χ2v) is 3.07. The number of aromatic carboxylic acids is 1. The molecule has 0 bridgehead atoms. The van der Waals surface area contributed by atoms with Crippen LogP contribution in [0.25, 0.3) is 11.4 Å². The van der Waals surface area contributed by atoms with Crippen LogP contribution < -0.4 is 0 Å². The minimum atomic E-state index is -0.989. The lowest BCUT2D eigenvalue weighted by Gasteiger charge is -1.98. The Morgan fingerprint density at radius 2 is 1.71 bits per heavy atom. The molecule has 17 heavy (non-hydrogen) atoms. The van der Waals surface area contributed by atoms with Crippen molar-refractivity contribution >= 4 is 5.97 Å². The van der Waals surface area contributed by atoms with Gasteiger partial charge in [0.25, 0.3) is 0 Å². The van der Waals surface area contributed by atoms with Gasteiger partial charge in [-0.05, 0) is 18.1 Å². The van der Waals surface area contributed by atoms with Crippen molar-refractivity contribution in [1.82, 2.24) is 20.4 Å². The average molecular weight is 226 g/mol. The van der Waals surface area contributed by atoms with Crippen LogP contribution >= 0.6 is 0 Å².